The number of carbonyl (C=O) groups excluding carboxylic acids is 1. The maximum Gasteiger partial charge on any atom is 0.268 e. The Kier molecular flexibility index (Phi) is 3.68. The first-order valence-corrected chi connectivity index (χ1v) is 6.17. The van der Waals surface area contributed by atoms with E-state index in [0.717, 1.165) is 5.16 Å². The average Bonchev–Trinajstić information content (AvgIpc) is 2.92. The van der Waals surface area contributed by atoms with Gasteiger partial charge in [0.25, 0.3) is 5.91 Å². The molecular formula is C10H13N5O2S. The van der Waals surface area contributed by atoms with E-state index >= 15 is 0 Å². The van der Waals surface area contributed by atoms with Crippen molar-refractivity contribution < 1.29 is 9.21 Å². The first-order valence-electron chi connectivity index (χ1n) is 5.19. The summed E-state index contributed by atoms with van der Waals surface area (Å²) in [4.78, 5) is 11.4. The lowest BCUT2D eigenvalue weighted by Gasteiger charge is -1.97. The molecule has 96 valence electrons. The smallest absolute Gasteiger partial charge is 0.268 e. The van der Waals surface area contributed by atoms with Gasteiger partial charge < -0.3 is 8.98 Å². The molecule has 0 aliphatic heterocycles. The minimum Gasteiger partial charge on any atom is -0.465 e. The second kappa shape index (κ2) is 5.23. The summed E-state index contributed by atoms with van der Waals surface area (Å²) < 4.78 is 7.29. The van der Waals surface area contributed by atoms with Crippen LogP contribution in [0.4, 0.5) is 0 Å². The molecule has 7 nitrogen and oxygen atoms in total. The van der Waals surface area contributed by atoms with Gasteiger partial charge in [-0.1, -0.05) is 11.8 Å². The fraction of sp³-hybridized carbons (Fsp3) is 0.300. The molecule has 0 fully saturated rings. The van der Waals surface area contributed by atoms with Crippen molar-refractivity contribution in [3.8, 4) is 0 Å². The Balaban J connectivity index is 2.07. The fourth-order valence-electron chi connectivity index (χ4n) is 1.46. The summed E-state index contributed by atoms with van der Waals surface area (Å²) in [5.74, 6) is 6.55. The van der Waals surface area contributed by atoms with Gasteiger partial charge in [-0.25, -0.2) is 5.84 Å². The van der Waals surface area contributed by atoms with Crippen molar-refractivity contribution >= 4 is 17.7 Å². The second-order valence-electron chi connectivity index (χ2n) is 3.67. The number of furan rings is 1. The molecule has 3 N–H and O–H groups in total. The van der Waals surface area contributed by atoms with E-state index in [-0.39, 0.29) is 5.91 Å². The summed E-state index contributed by atoms with van der Waals surface area (Å²) in [5, 5.41) is 8.51. The first kappa shape index (κ1) is 12.7. The number of nitrogen functional groups attached to an aromatic ring is 1. The van der Waals surface area contributed by atoms with E-state index in [1.54, 1.807) is 19.3 Å². The molecular weight excluding hydrogens is 254 g/mol. The molecule has 0 aliphatic rings. The van der Waals surface area contributed by atoms with Crippen LogP contribution in [0.2, 0.25) is 0 Å². The predicted molar refractivity (Wildman–Crippen MR) is 65.7 cm³/mol. The minimum atomic E-state index is -0.355. The third-order valence-corrected chi connectivity index (χ3v) is 3.41. The van der Waals surface area contributed by atoms with Crippen molar-refractivity contribution in [2.75, 3.05) is 0 Å². The van der Waals surface area contributed by atoms with E-state index in [2.05, 4.69) is 15.6 Å². The first-order chi connectivity index (χ1) is 8.61. The van der Waals surface area contributed by atoms with Crippen molar-refractivity contribution in [3.05, 3.63) is 29.5 Å². The molecule has 18 heavy (non-hydrogen) atoms. The molecule has 0 radical (unpaired) electrons. The molecule has 0 aromatic carbocycles. The lowest BCUT2D eigenvalue weighted by atomic mass is 10.2. The van der Waals surface area contributed by atoms with Crippen LogP contribution in [0.5, 0.6) is 0 Å². The molecule has 2 aromatic rings. The Morgan fingerprint density at radius 1 is 1.67 bits per heavy atom. The number of thioether (sulfide) groups is 1. The van der Waals surface area contributed by atoms with Crippen LogP contribution in [0.3, 0.4) is 0 Å². The lowest BCUT2D eigenvalue weighted by molar-refractivity contribution is 0.0952. The van der Waals surface area contributed by atoms with E-state index in [9.17, 15) is 4.79 Å². The maximum absolute atomic E-state index is 11.4. The molecule has 0 saturated carbocycles. The van der Waals surface area contributed by atoms with Crippen molar-refractivity contribution in [1.82, 2.24) is 20.2 Å². The summed E-state index contributed by atoms with van der Waals surface area (Å²) in [5.41, 5.74) is 2.53. The van der Waals surface area contributed by atoms with Crippen LogP contribution in [0.15, 0.2) is 22.0 Å². The van der Waals surface area contributed by atoms with Gasteiger partial charge in [-0.15, -0.1) is 10.2 Å². The van der Waals surface area contributed by atoms with E-state index < -0.39 is 0 Å². The maximum atomic E-state index is 11.4. The van der Waals surface area contributed by atoms with Gasteiger partial charge in [0.15, 0.2) is 5.16 Å². The number of rotatable bonds is 4. The topological polar surface area (TPSA) is 99.0 Å². The summed E-state index contributed by atoms with van der Waals surface area (Å²) >= 11 is 1.48. The zero-order valence-electron chi connectivity index (χ0n) is 10.0. The van der Waals surface area contributed by atoms with Gasteiger partial charge in [0, 0.05) is 7.05 Å². The molecule has 0 unspecified atom stereocenters. The van der Waals surface area contributed by atoms with Crippen molar-refractivity contribution in [2.24, 2.45) is 12.9 Å². The molecule has 2 rings (SSSR count). The normalized spacial score (nSPS) is 10.6. The number of nitrogens with two attached hydrogens (primary N) is 1. The highest BCUT2D eigenvalue weighted by atomic mass is 32.2. The third-order valence-electron chi connectivity index (χ3n) is 2.36. The van der Waals surface area contributed by atoms with Crippen LogP contribution in [0.25, 0.3) is 0 Å². The largest absolute Gasteiger partial charge is 0.465 e. The SMILES string of the molecule is Cc1oc(CSc2nncn2C)cc1C(=O)NN. The van der Waals surface area contributed by atoms with Gasteiger partial charge >= 0.3 is 0 Å². The number of hydrazine groups is 1. The van der Waals surface area contributed by atoms with Crippen LogP contribution >= 0.6 is 11.8 Å². The fourth-order valence-corrected chi connectivity index (χ4v) is 2.23. The molecule has 0 bridgehead atoms. The number of carbonyl (C=O) groups is 1. The number of aromatic nitrogens is 3. The number of aryl methyl sites for hydroxylation is 2. The summed E-state index contributed by atoms with van der Waals surface area (Å²) in [6, 6.07) is 1.68. The molecule has 2 heterocycles. The lowest BCUT2D eigenvalue weighted by Crippen LogP contribution is -2.30. The van der Waals surface area contributed by atoms with Crippen LogP contribution in [-0.4, -0.2) is 20.7 Å². The highest BCUT2D eigenvalue weighted by molar-refractivity contribution is 7.98. The Labute approximate surface area is 108 Å². The Hall–Kier alpha value is -1.80. The van der Waals surface area contributed by atoms with Crippen LogP contribution < -0.4 is 11.3 Å². The molecule has 0 saturated heterocycles. The predicted octanol–water partition coefficient (Wildman–Crippen LogP) is 0.612. The van der Waals surface area contributed by atoms with Crippen molar-refractivity contribution in [2.45, 2.75) is 17.8 Å². The Morgan fingerprint density at radius 2 is 2.44 bits per heavy atom. The number of nitrogens with one attached hydrogen (secondary N) is 1. The van der Waals surface area contributed by atoms with Gasteiger partial charge in [-0.2, -0.15) is 0 Å². The Morgan fingerprint density at radius 3 is 3.06 bits per heavy atom. The zero-order chi connectivity index (χ0) is 13.1. The van der Waals surface area contributed by atoms with Gasteiger partial charge in [0.05, 0.1) is 11.3 Å². The number of hydrogen-bond donors (Lipinski definition) is 2. The second-order valence-corrected chi connectivity index (χ2v) is 4.61. The molecule has 2 aromatic heterocycles. The van der Waals surface area contributed by atoms with E-state index in [4.69, 9.17) is 10.3 Å². The standard InChI is InChI=1S/C10H13N5O2S/c1-6-8(9(16)13-11)3-7(17-6)4-18-10-14-12-5-15(10)2/h3,5H,4,11H2,1-2H3,(H,13,16). The number of hydrogen-bond acceptors (Lipinski definition) is 6. The monoisotopic (exact) mass is 267 g/mol. The highest BCUT2D eigenvalue weighted by Crippen LogP contribution is 2.23. The zero-order valence-corrected chi connectivity index (χ0v) is 10.8. The molecule has 8 heteroatoms. The van der Waals surface area contributed by atoms with Crippen LogP contribution in [-0.2, 0) is 12.8 Å². The van der Waals surface area contributed by atoms with Crippen molar-refractivity contribution in [3.63, 3.8) is 0 Å². The average molecular weight is 267 g/mol. The molecule has 0 aliphatic carbocycles. The van der Waals surface area contributed by atoms with Gasteiger partial charge in [0.1, 0.15) is 17.8 Å². The van der Waals surface area contributed by atoms with E-state index in [1.165, 1.54) is 11.8 Å². The van der Waals surface area contributed by atoms with E-state index in [1.807, 2.05) is 11.6 Å². The molecule has 0 atom stereocenters. The summed E-state index contributed by atoms with van der Waals surface area (Å²) in [7, 11) is 1.86. The van der Waals surface area contributed by atoms with Gasteiger partial charge in [-0.3, -0.25) is 10.2 Å². The minimum absolute atomic E-state index is 0.355. The van der Waals surface area contributed by atoms with Crippen molar-refractivity contribution in [1.29, 1.82) is 0 Å². The van der Waals surface area contributed by atoms with Gasteiger partial charge in [0.2, 0.25) is 0 Å². The van der Waals surface area contributed by atoms with Crippen LogP contribution in [0, 0.1) is 6.92 Å². The van der Waals surface area contributed by atoms with Gasteiger partial charge in [-0.05, 0) is 13.0 Å². The third kappa shape index (κ3) is 2.54. The van der Waals surface area contributed by atoms with E-state index in [0.29, 0.717) is 22.8 Å². The molecule has 0 spiro atoms. The quantitative estimate of drug-likeness (QED) is 0.364. The molecule has 1 amide bonds. The summed E-state index contributed by atoms with van der Waals surface area (Å²) in [6.07, 6.45) is 1.63. The van der Waals surface area contributed by atoms with Crippen LogP contribution in [0.1, 0.15) is 21.9 Å². The number of amides is 1. The Bertz CT molecular complexity index is 562. The highest BCUT2D eigenvalue weighted by Gasteiger charge is 2.14. The summed E-state index contributed by atoms with van der Waals surface area (Å²) in [6.45, 7) is 1.72. The number of nitrogens with zero attached hydrogens (tertiary/aromatic N) is 3.